The zero-order valence-corrected chi connectivity index (χ0v) is 14.7. The van der Waals surface area contributed by atoms with Gasteiger partial charge in [-0.3, -0.25) is 4.90 Å². The van der Waals surface area contributed by atoms with Crippen molar-refractivity contribution in [3.63, 3.8) is 0 Å². The van der Waals surface area contributed by atoms with Crippen molar-refractivity contribution in [1.29, 1.82) is 0 Å². The van der Waals surface area contributed by atoms with Crippen LogP contribution in [0, 0.1) is 5.92 Å². The van der Waals surface area contributed by atoms with Crippen LogP contribution in [0.5, 0.6) is 0 Å². The molecule has 3 heterocycles. The van der Waals surface area contributed by atoms with Crippen LogP contribution in [0.3, 0.4) is 0 Å². The first-order valence-corrected chi connectivity index (χ1v) is 10.1. The third-order valence-corrected chi connectivity index (χ3v) is 7.42. The Hall–Kier alpha value is -1.50. The van der Waals surface area contributed by atoms with Crippen molar-refractivity contribution in [2.75, 3.05) is 18.8 Å². The van der Waals surface area contributed by atoms with Gasteiger partial charge in [-0.25, -0.2) is 18.4 Å². The Labute approximate surface area is 146 Å². The summed E-state index contributed by atoms with van der Waals surface area (Å²) in [6.45, 7) is 2.18. The molecule has 1 aromatic carbocycles. The lowest BCUT2D eigenvalue weighted by molar-refractivity contribution is 0.313. The quantitative estimate of drug-likeness (QED) is 0.838. The number of nitrogens with zero attached hydrogens (tertiary/aromatic N) is 3. The highest BCUT2D eigenvalue weighted by Crippen LogP contribution is 2.34. The van der Waals surface area contributed by atoms with Gasteiger partial charge in [0.05, 0.1) is 11.0 Å². The highest BCUT2D eigenvalue weighted by atomic mass is 35.5. The van der Waals surface area contributed by atoms with Crippen molar-refractivity contribution >= 4 is 21.4 Å². The molecule has 2 aliphatic heterocycles. The van der Waals surface area contributed by atoms with Gasteiger partial charge in [-0.1, -0.05) is 11.6 Å². The summed E-state index contributed by atoms with van der Waals surface area (Å²) >= 11 is 5.89. The average Bonchev–Trinajstić information content (AvgIpc) is 3.09. The van der Waals surface area contributed by atoms with Crippen molar-refractivity contribution < 1.29 is 8.42 Å². The second-order valence-electron chi connectivity index (χ2n) is 6.57. The normalized spacial score (nSPS) is 25.7. The summed E-state index contributed by atoms with van der Waals surface area (Å²) in [7, 11) is -2.88. The first kappa shape index (κ1) is 16.0. The Bertz CT molecular complexity index is 837. The van der Waals surface area contributed by atoms with Gasteiger partial charge >= 0.3 is 0 Å². The molecule has 0 aliphatic carbocycles. The van der Waals surface area contributed by atoms with Gasteiger partial charge in [-0.05, 0) is 36.6 Å². The topological polar surface area (TPSA) is 63.2 Å². The Morgan fingerprint density at radius 1 is 1.12 bits per heavy atom. The minimum absolute atomic E-state index is 0.174. The fourth-order valence-corrected chi connectivity index (χ4v) is 5.96. The summed E-state index contributed by atoms with van der Waals surface area (Å²) in [5.74, 6) is 1.32. The molecular formula is C17H18ClN3O2S. The van der Waals surface area contributed by atoms with Gasteiger partial charge < -0.3 is 0 Å². The van der Waals surface area contributed by atoms with Crippen LogP contribution < -0.4 is 0 Å². The summed E-state index contributed by atoms with van der Waals surface area (Å²) in [4.78, 5) is 11.0. The van der Waals surface area contributed by atoms with E-state index in [1.807, 2.05) is 36.7 Å². The SMILES string of the molecule is O=S1(=O)CC[C@H]2CN(Cc3cnc(-c4ccc(Cl)cc4)nc3)C[C@H]21. The number of sulfone groups is 1. The summed E-state index contributed by atoms with van der Waals surface area (Å²) in [6, 6.07) is 7.42. The third-order valence-electron chi connectivity index (χ3n) is 4.90. The molecule has 24 heavy (non-hydrogen) atoms. The Kier molecular flexibility index (Phi) is 4.06. The molecule has 0 N–H and O–H groups in total. The maximum Gasteiger partial charge on any atom is 0.159 e. The molecule has 0 spiro atoms. The van der Waals surface area contributed by atoms with Crippen LogP contribution in [0.15, 0.2) is 36.7 Å². The van der Waals surface area contributed by atoms with Crippen molar-refractivity contribution in [2.24, 2.45) is 5.92 Å². The summed E-state index contributed by atoms with van der Waals surface area (Å²) < 4.78 is 24.0. The van der Waals surface area contributed by atoms with E-state index in [2.05, 4.69) is 14.9 Å². The number of aromatic nitrogens is 2. The first-order chi connectivity index (χ1) is 11.5. The Balaban J connectivity index is 1.44. The van der Waals surface area contributed by atoms with Crippen molar-refractivity contribution in [3.8, 4) is 11.4 Å². The molecular weight excluding hydrogens is 346 g/mol. The Morgan fingerprint density at radius 2 is 1.83 bits per heavy atom. The van der Waals surface area contributed by atoms with E-state index >= 15 is 0 Å². The average molecular weight is 364 g/mol. The summed E-state index contributed by atoms with van der Waals surface area (Å²) in [6.07, 6.45) is 4.44. The molecule has 2 aromatic rings. The molecule has 0 unspecified atom stereocenters. The molecule has 4 rings (SSSR count). The van der Waals surface area contributed by atoms with Crippen LogP contribution in [0.1, 0.15) is 12.0 Å². The largest absolute Gasteiger partial charge is 0.297 e. The van der Waals surface area contributed by atoms with Crippen molar-refractivity contribution in [2.45, 2.75) is 18.2 Å². The van der Waals surface area contributed by atoms with Crippen LogP contribution in [0.4, 0.5) is 0 Å². The summed E-state index contributed by atoms with van der Waals surface area (Å²) in [5.41, 5.74) is 1.93. The number of likely N-dealkylation sites (tertiary alicyclic amines) is 1. The van der Waals surface area contributed by atoms with Crippen LogP contribution >= 0.6 is 11.6 Å². The molecule has 0 saturated carbocycles. The highest BCUT2D eigenvalue weighted by molar-refractivity contribution is 7.92. The molecule has 126 valence electrons. The van der Waals surface area contributed by atoms with Gasteiger partial charge in [0.1, 0.15) is 0 Å². The van der Waals surface area contributed by atoms with Gasteiger partial charge in [-0.15, -0.1) is 0 Å². The minimum atomic E-state index is -2.88. The minimum Gasteiger partial charge on any atom is -0.297 e. The molecule has 1 aromatic heterocycles. The number of hydrogen-bond acceptors (Lipinski definition) is 5. The van der Waals surface area contributed by atoms with Gasteiger partial charge in [0.25, 0.3) is 0 Å². The lowest BCUT2D eigenvalue weighted by Crippen LogP contribution is -2.26. The predicted molar refractivity (Wildman–Crippen MR) is 93.4 cm³/mol. The van der Waals surface area contributed by atoms with Crippen LogP contribution in [0.2, 0.25) is 5.02 Å². The van der Waals surface area contributed by atoms with Gasteiger partial charge in [0.15, 0.2) is 15.7 Å². The van der Waals surface area contributed by atoms with Gasteiger partial charge in [-0.2, -0.15) is 0 Å². The maximum absolute atomic E-state index is 12.0. The number of hydrogen-bond donors (Lipinski definition) is 0. The zero-order valence-electron chi connectivity index (χ0n) is 13.1. The van der Waals surface area contributed by atoms with E-state index in [1.54, 1.807) is 0 Å². The monoisotopic (exact) mass is 363 g/mol. The first-order valence-electron chi connectivity index (χ1n) is 8.02. The molecule has 7 heteroatoms. The maximum atomic E-state index is 12.0. The van der Waals surface area contributed by atoms with Gasteiger partial charge in [0.2, 0.25) is 0 Å². The van der Waals surface area contributed by atoms with Crippen molar-refractivity contribution in [3.05, 3.63) is 47.2 Å². The molecule has 2 atom stereocenters. The van der Waals surface area contributed by atoms with Crippen LogP contribution in [-0.2, 0) is 16.4 Å². The van der Waals surface area contributed by atoms with E-state index in [-0.39, 0.29) is 5.25 Å². The van der Waals surface area contributed by atoms with E-state index in [1.165, 1.54) is 0 Å². The number of benzene rings is 1. The van der Waals surface area contributed by atoms with E-state index in [0.717, 1.165) is 24.1 Å². The molecule has 0 amide bonds. The lowest BCUT2D eigenvalue weighted by Gasteiger charge is -2.16. The number of halogens is 1. The predicted octanol–water partition coefficient (Wildman–Crippen LogP) is 2.42. The molecule has 2 fully saturated rings. The second kappa shape index (κ2) is 6.10. The van der Waals surface area contributed by atoms with E-state index in [4.69, 9.17) is 11.6 Å². The smallest absolute Gasteiger partial charge is 0.159 e. The number of rotatable bonds is 3. The molecule has 0 radical (unpaired) electrons. The lowest BCUT2D eigenvalue weighted by atomic mass is 10.1. The molecule has 0 bridgehead atoms. The summed E-state index contributed by atoms with van der Waals surface area (Å²) in [5, 5.41) is 0.511. The fourth-order valence-electron chi connectivity index (χ4n) is 3.65. The van der Waals surface area contributed by atoms with E-state index in [0.29, 0.717) is 35.6 Å². The molecule has 5 nitrogen and oxygen atoms in total. The van der Waals surface area contributed by atoms with E-state index in [9.17, 15) is 8.42 Å². The highest BCUT2D eigenvalue weighted by Gasteiger charge is 2.45. The molecule has 2 aliphatic rings. The second-order valence-corrected chi connectivity index (χ2v) is 9.35. The fraction of sp³-hybridized carbons (Fsp3) is 0.412. The van der Waals surface area contributed by atoms with Gasteiger partial charge in [0, 0.05) is 48.2 Å². The standard InChI is InChI=1S/C17H18ClN3O2S/c18-15-3-1-13(2-4-15)17-19-7-12(8-20-17)9-21-10-14-5-6-24(22,23)16(14)11-21/h1-4,7-8,14,16H,5-6,9-11H2/t14-,16+/m0/s1. The van der Waals surface area contributed by atoms with Crippen LogP contribution in [0.25, 0.3) is 11.4 Å². The third kappa shape index (κ3) is 3.06. The van der Waals surface area contributed by atoms with Crippen molar-refractivity contribution in [1.82, 2.24) is 14.9 Å². The number of fused-ring (bicyclic) bond motifs is 1. The molecule has 2 saturated heterocycles. The van der Waals surface area contributed by atoms with E-state index < -0.39 is 9.84 Å². The zero-order chi connectivity index (χ0) is 16.7. The van der Waals surface area contributed by atoms with Crippen LogP contribution in [-0.4, -0.2) is 47.4 Å². The Morgan fingerprint density at radius 3 is 2.50 bits per heavy atom.